The van der Waals surface area contributed by atoms with E-state index in [1.165, 1.54) is 16.5 Å². The van der Waals surface area contributed by atoms with Gasteiger partial charge in [-0.3, -0.25) is 4.98 Å². The molecule has 0 atom stereocenters. The smallest absolute Gasteiger partial charge is 0.0734 e. The average molecular weight is 282 g/mol. The zero-order valence-corrected chi connectivity index (χ0v) is 12.2. The van der Waals surface area contributed by atoms with Crippen molar-refractivity contribution in [3.8, 4) is 0 Å². The van der Waals surface area contributed by atoms with Crippen molar-refractivity contribution in [2.24, 2.45) is 0 Å². The second kappa shape index (κ2) is 6.64. The maximum absolute atomic E-state index is 4.49. The lowest BCUT2D eigenvalue weighted by Gasteiger charge is -2.07. The van der Waals surface area contributed by atoms with Crippen LogP contribution >= 0.6 is 11.3 Å². The summed E-state index contributed by atoms with van der Waals surface area (Å²) in [5, 5.41) is 9.09. The molecule has 1 N–H and O–H groups in total. The Morgan fingerprint density at radius 2 is 1.90 bits per heavy atom. The summed E-state index contributed by atoms with van der Waals surface area (Å²) in [5.41, 5.74) is 3.88. The van der Waals surface area contributed by atoms with Crippen LogP contribution in [0.2, 0.25) is 0 Å². The van der Waals surface area contributed by atoms with Gasteiger partial charge in [0, 0.05) is 11.6 Å². The fourth-order valence-electron chi connectivity index (χ4n) is 2.38. The first kappa shape index (κ1) is 13.3. The van der Waals surface area contributed by atoms with Crippen molar-refractivity contribution < 1.29 is 0 Å². The number of rotatable bonds is 6. The molecule has 0 radical (unpaired) electrons. The van der Waals surface area contributed by atoms with Gasteiger partial charge in [-0.25, -0.2) is 0 Å². The first-order valence-electron chi connectivity index (χ1n) is 6.98. The van der Waals surface area contributed by atoms with E-state index in [9.17, 15) is 0 Å². The van der Waals surface area contributed by atoms with Crippen molar-refractivity contribution in [1.82, 2.24) is 10.3 Å². The number of pyridine rings is 1. The Bertz CT molecular complexity index is 656. The molecular formula is C17H18N2S. The van der Waals surface area contributed by atoms with Gasteiger partial charge in [0.05, 0.1) is 5.52 Å². The topological polar surface area (TPSA) is 24.9 Å². The first-order valence-corrected chi connectivity index (χ1v) is 7.92. The van der Waals surface area contributed by atoms with Crippen LogP contribution in [0.15, 0.2) is 53.4 Å². The molecule has 0 aliphatic rings. The van der Waals surface area contributed by atoms with Gasteiger partial charge in [-0.2, -0.15) is 11.3 Å². The molecule has 0 saturated carbocycles. The van der Waals surface area contributed by atoms with E-state index in [1.807, 2.05) is 12.3 Å². The van der Waals surface area contributed by atoms with Crippen LogP contribution in [-0.2, 0) is 12.8 Å². The Morgan fingerprint density at radius 1 is 1.00 bits per heavy atom. The van der Waals surface area contributed by atoms with Gasteiger partial charge in [0.15, 0.2) is 0 Å². The van der Waals surface area contributed by atoms with Crippen molar-refractivity contribution in [3.63, 3.8) is 0 Å². The van der Waals surface area contributed by atoms with Gasteiger partial charge in [0.2, 0.25) is 0 Å². The molecule has 0 saturated heterocycles. The van der Waals surface area contributed by atoms with E-state index >= 15 is 0 Å². The molecule has 0 fully saturated rings. The molecule has 2 heterocycles. The van der Waals surface area contributed by atoms with Crippen LogP contribution in [0.1, 0.15) is 11.1 Å². The summed E-state index contributed by atoms with van der Waals surface area (Å²) in [6.07, 6.45) is 4.01. The first-order chi connectivity index (χ1) is 9.93. The average Bonchev–Trinajstić information content (AvgIpc) is 3.00. The van der Waals surface area contributed by atoms with Crippen molar-refractivity contribution in [2.75, 3.05) is 13.1 Å². The van der Waals surface area contributed by atoms with Crippen LogP contribution in [0.25, 0.3) is 10.9 Å². The fraction of sp³-hybridized carbons (Fsp3) is 0.235. The monoisotopic (exact) mass is 282 g/mol. The fourth-order valence-corrected chi connectivity index (χ4v) is 3.09. The maximum Gasteiger partial charge on any atom is 0.0734 e. The van der Waals surface area contributed by atoms with E-state index in [0.717, 1.165) is 31.4 Å². The normalized spacial score (nSPS) is 11.0. The van der Waals surface area contributed by atoms with E-state index in [2.05, 4.69) is 51.4 Å². The van der Waals surface area contributed by atoms with Crippen molar-refractivity contribution in [1.29, 1.82) is 0 Å². The van der Waals surface area contributed by atoms with Gasteiger partial charge >= 0.3 is 0 Å². The Labute approximate surface area is 123 Å². The summed E-state index contributed by atoms with van der Waals surface area (Å²) < 4.78 is 0. The molecule has 0 amide bonds. The van der Waals surface area contributed by atoms with E-state index in [4.69, 9.17) is 0 Å². The Morgan fingerprint density at radius 3 is 2.80 bits per heavy atom. The molecule has 0 aliphatic heterocycles. The molecule has 0 unspecified atom stereocenters. The number of benzene rings is 1. The van der Waals surface area contributed by atoms with Gasteiger partial charge in [0.25, 0.3) is 0 Å². The number of fused-ring (bicyclic) bond motifs is 1. The molecule has 2 aromatic heterocycles. The summed E-state index contributed by atoms with van der Waals surface area (Å²) in [6, 6.07) is 12.7. The number of thiophene rings is 1. The second-order valence-corrected chi connectivity index (χ2v) is 5.65. The lowest BCUT2D eigenvalue weighted by atomic mass is 10.1. The predicted octanol–water partition coefficient (Wildman–Crippen LogP) is 3.67. The number of nitrogens with one attached hydrogen (secondary N) is 1. The minimum Gasteiger partial charge on any atom is -0.316 e. The number of para-hydroxylation sites is 1. The molecule has 2 nitrogen and oxygen atoms in total. The molecule has 0 spiro atoms. The third kappa shape index (κ3) is 3.24. The quantitative estimate of drug-likeness (QED) is 0.698. The predicted molar refractivity (Wildman–Crippen MR) is 86.3 cm³/mol. The van der Waals surface area contributed by atoms with E-state index in [-0.39, 0.29) is 0 Å². The van der Waals surface area contributed by atoms with E-state index in [0.29, 0.717) is 0 Å². The minimum absolute atomic E-state index is 1.000. The zero-order chi connectivity index (χ0) is 13.6. The van der Waals surface area contributed by atoms with Crippen LogP contribution < -0.4 is 5.32 Å². The SMILES string of the molecule is c1cnc2c(CCNCCc3ccsc3)cccc2c1. The number of aromatic nitrogens is 1. The van der Waals surface area contributed by atoms with Crippen LogP contribution in [0.4, 0.5) is 0 Å². The lowest BCUT2D eigenvalue weighted by Crippen LogP contribution is -2.20. The van der Waals surface area contributed by atoms with Crippen LogP contribution in [-0.4, -0.2) is 18.1 Å². The molecule has 3 heteroatoms. The number of nitrogens with zero attached hydrogens (tertiary/aromatic N) is 1. The third-order valence-corrected chi connectivity index (χ3v) is 4.19. The van der Waals surface area contributed by atoms with Gasteiger partial charge in [0.1, 0.15) is 0 Å². The van der Waals surface area contributed by atoms with Crippen LogP contribution in [0, 0.1) is 0 Å². The summed E-state index contributed by atoms with van der Waals surface area (Å²) >= 11 is 1.77. The highest BCUT2D eigenvalue weighted by molar-refractivity contribution is 7.07. The lowest BCUT2D eigenvalue weighted by molar-refractivity contribution is 0.683. The highest BCUT2D eigenvalue weighted by Gasteiger charge is 2.01. The Hall–Kier alpha value is -1.71. The highest BCUT2D eigenvalue weighted by Crippen LogP contribution is 2.15. The summed E-state index contributed by atoms with van der Waals surface area (Å²) in [6.45, 7) is 2.04. The maximum atomic E-state index is 4.49. The molecule has 3 rings (SSSR count). The standard InChI is InChI=1S/C17H18N2S/c1-3-15-5-2-9-19-17(15)16(4-1)7-11-18-10-6-14-8-12-20-13-14/h1-5,8-9,12-13,18H,6-7,10-11H2. The molecule has 1 aromatic carbocycles. The summed E-state index contributed by atoms with van der Waals surface area (Å²) in [5.74, 6) is 0. The van der Waals surface area contributed by atoms with Crippen LogP contribution in [0.3, 0.4) is 0 Å². The molecule has 0 bridgehead atoms. The Balaban J connectivity index is 1.52. The molecular weight excluding hydrogens is 264 g/mol. The molecule has 0 aliphatic carbocycles. The largest absolute Gasteiger partial charge is 0.316 e. The van der Waals surface area contributed by atoms with Gasteiger partial charge in [-0.15, -0.1) is 0 Å². The van der Waals surface area contributed by atoms with Gasteiger partial charge in [-0.05, 0) is 60.0 Å². The van der Waals surface area contributed by atoms with Gasteiger partial charge in [-0.1, -0.05) is 24.3 Å². The molecule has 20 heavy (non-hydrogen) atoms. The third-order valence-electron chi connectivity index (χ3n) is 3.46. The van der Waals surface area contributed by atoms with Crippen molar-refractivity contribution in [3.05, 3.63) is 64.5 Å². The zero-order valence-electron chi connectivity index (χ0n) is 11.4. The highest BCUT2D eigenvalue weighted by atomic mass is 32.1. The van der Waals surface area contributed by atoms with Crippen LogP contribution in [0.5, 0.6) is 0 Å². The number of hydrogen-bond acceptors (Lipinski definition) is 3. The number of hydrogen-bond donors (Lipinski definition) is 1. The van der Waals surface area contributed by atoms with E-state index in [1.54, 1.807) is 11.3 Å². The summed E-state index contributed by atoms with van der Waals surface area (Å²) in [7, 11) is 0. The molecule has 102 valence electrons. The Kier molecular flexibility index (Phi) is 4.41. The van der Waals surface area contributed by atoms with E-state index < -0.39 is 0 Å². The van der Waals surface area contributed by atoms with Gasteiger partial charge < -0.3 is 5.32 Å². The van der Waals surface area contributed by atoms with Crippen molar-refractivity contribution >= 4 is 22.2 Å². The minimum atomic E-state index is 1.000. The van der Waals surface area contributed by atoms with Crippen molar-refractivity contribution in [2.45, 2.75) is 12.8 Å². The second-order valence-electron chi connectivity index (χ2n) is 4.87. The summed E-state index contributed by atoms with van der Waals surface area (Å²) in [4.78, 5) is 4.49. The molecule has 3 aromatic rings.